The van der Waals surface area contributed by atoms with Crippen LogP contribution in [0.4, 0.5) is 5.69 Å². The number of piperidine rings is 1. The van der Waals surface area contributed by atoms with Gasteiger partial charge in [0.1, 0.15) is 5.75 Å². The van der Waals surface area contributed by atoms with Crippen molar-refractivity contribution in [3.05, 3.63) is 54.1 Å². The summed E-state index contributed by atoms with van der Waals surface area (Å²) >= 11 is 0. The normalized spacial score (nSPS) is 17.2. The maximum absolute atomic E-state index is 13.2. The number of benzene rings is 2. The molecule has 8 heteroatoms. The Morgan fingerprint density at radius 3 is 2.44 bits per heavy atom. The smallest absolute Gasteiger partial charge is 0.243 e. The van der Waals surface area contributed by atoms with Gasteiger partial charge in [0.15, 0.2) is 0 Å². The zero-order chi connectivity index (χ0) is 24.1. The van der Waals surface area contributed by atoms with Crippen molar-refractivity contribution in [3.8, 4) is 5.75 Å². The molecule has 1 aliphatic carbocycles. The van der Waals surface area contributed by atoms with E-state index in [0.717, 1.165) is 32.1 Å². The third-order valence-electron chi connectivity index (χ3n) is 6.18. The van der Waals surface area contributed by atoms with E-state index in [9.17, 15) is 13.2 Å². The van der Waals surface area contributed by atoms with E-state index in [1.807, 2.05) is 32.0 Å². The van der Waals surface area contributed by atoms with Crippen LogP contribution in [0.25, 0.3) is 0 Å². The van der Waals surface area contributed by atoms with Gasteiger partial charge in [-0.25, -0.2) is 8.42 Å². The lowest BCUT2D eigenvalue weighted by atomic mass is 10.2. The van der Waals surface area contributed by atoms with Crippen molar-refractivity contribution in [2.24, 2.45) is 0 Å². The predicted octanol–water partition coefficient (Wildman–Crippen LogP) is 4.25. The van der Waals surface area contributed by atoms with E-state index >= 15 is 0 Å². The first-order chi connectivity index (χ1) is 16.3. The second kappa shape index (κ2) is 10.9. The Bertz CT molecular complexity index is 1080. The van der Waals surface area contributed by atoms with Gasteiger partial charge in [-0.1, -0.05) is 36.8 Å². The van der Waals surface area contributed by atoms with Crippen LogP contribution in [0.3, 0.4) is 0 Å². The Kier molecular flexibility index (Phi) is 7.91. The van der Waals surface area contributed by atoms with Gasteiger partial charge < -0.3 is 10.1 Å². The molecular weight excluding hydrogens is 450 g/mol. The van der Waals surface area contributed by atoms with Crippen LogP contribution in [-0.4, -0.2) is 55.3 Å². The molecule has 0 spiro atoms. The summed E-state index contributed by atoms with van der Waals surface area (Å²) in [5, 5.41) is 2.94. The van der Waals surface area contributed by atoms with Crippen molar-refractivity contribution >= 4 is 21.6 Å². The maximum Gasteiger partial charge on any atom is 0.243 e. The summed E-state index contributed by atoms with van der Waals surface area (Å²) in [5.74, 6) is 0.297. The first-order valence-corrected chi connectivity index (χ1v) is 13.7. The van der Waals surface area contributed by atoms with Gasteiger partial charge in [0.05, 0.1) is 23.2 Å². The van der Waals surface area contributed by atoms with Crippen LogP contribution in [0.15, 0.2) is 53.4 Å². The summed E-state index contributed by atoms with van der Waals surface area (Å²) in [6.45, 7) is 5.81. The van der Waals surface area contributed by atoms with E-state index in [2.05, 4.69) is 22.3 Å². The van der Waals surface area contributed by atoms with Crippen LogP contribution in [0, 0.1) is 0 Å². The van der Waals surface area contributed by atoms with Crippen LogP contribution in [0.1, 0.15) is 51.5 Å². The fourth-order valence-electron chi connectivity index (χ4n) is 4.32. The Hall–Kier alpha value is -2.42. The SMILES string of the molecule is CC(C)Oc1ccc(S(=O)(=O)N2CCCCC2)cc1NC(=O)CN(Cc1ccccc1)C1CC1. The minimum atomic E-state index is -3.62. The molecule has 0 bridgehead atoms. The fraction of sp³-hybridized carbons (Fsp3) is 0.500. The molecule has 1 N–H and O–H groups in total. The van der Waals surface area contributed by atoms with Gasteiger partial charge in [-0.15, -0.1) is 0 Å². The van der Waals surface area contributed by atoms with Crippen LogP contribution >= 0.6 is 0 Å². The average molecular weight is 486 g/mol. The first-order valence-electron chi connectivity index (χ1n) is 12.2. The molecule has 2 aromatic rings. The lowest BCUT2D eigenvalue weighted by Gasteiger charge is -2.26. The molecule has 1 saturated heterocycles. The number of sulfonamides is 1. The molecule has 0 aromatic heterocycles. The van der Waals surface area contributed by atoms with Gasteiger partial charge in [0.2, 0.25) is 15.9 Å². The van der Waals surface area contributed by atoms with Crippen molar-refractivity contribution in [1.82, 2.24) is 9.21 Å². The zero-order valence-electron chi connectivity index (χ0n) is 20.1. The molecule has 1 heterocycles. The number of amides is 1. The highest BCUT2D eigenvalue weighted by atomic mass is 32.2. The molecule has 1 aliphatic heterocycles. The average Bonchev–Trinajstić information content (AvgIpc) is 3.66. The summed E-state index contributed by atoms with van der Waals surface area (Å²) in [5.41, 5.74) is 1.56. The quantitative estimate of drug-likeness (QED) is 0.544. The van der Waals surface area contributed by atoms with E-state index in [1.54, 1.807) is 12.1 Å². The third-order valence-corrected chi connectivity index (χ3v) is 8.07. The number of carbonyl (C=O) groups excluding carboxylic acids is 1. The van der Waals surface area contributed by atoms with Crippen molar-refractivity contribution in [2.75, 3.05) is 25.0 Å². The van der Waals surface area contributed by atoms with Crippen LogP contribution < -0.4 is 10.1 Å². The lowest BCUT2D eigenvalue weighted by molar-refractivity contribution is -0.117. The molecule has 0 radical (unpaired) electrons. The van der Waals surface area contributed by atoms with Crippen molar-refractivity contribution in [1.29, 1.82) is 0 Å². The van der Waals surface area contributed by atoms with E-state index in [1.165, 1.54) is 15.9 Å². The number of nitrogens with zero attached hydrogens (tertiary/aromatic N) is 2. The highest BCUT2D eigenvalue weighted by Gasteiger charge is 2.31. The van der Waals surface area contributed by atoms with Gasteiger partial charge in [0.25, 0.3) is 0 Å². The number of hydrogen-bond acceptors (Lipinski definition) is 5. The highest BCUT2D eigenvalue weighted by molar-refractivity contribution is 7.89. The largest absolute Gasteiger partial charge is 0.489 e. The van der Waals surface area contributed by atoms with Gasteiger partial charge in [-0.3, -0.25) is 9.69 Å². The van der Waals surface area contributed by atoms with Crippen molar-refractivity contribution < 1.29 is 17.9 Å². The Labute approximate surface area is 203 Å². The predicted molar refractivity (Wildman–Crippen MR) is 133 cm³/mol. The molecule has 34 heavy (non-hydrogen) atoms. The number of ether oxygens (including phenoxy) is 1. The molecule has 2 fully saturated rings. The fourth-order valence-corrected chi connectivity index (χ4v) is 5.87. The van der Waals surface area contributed by atoms with Crippen LogP contribution in [0.2, 0.25) is 0 Å². The summed E-state index contributed by atoms with van der Waals surface area (Å²) in [7, 11) is -3.62. The molecule has 0 atom stereocenters. The number of rotatable bonds is 10. The second-order valence-corrected chi connectivity index (χ2v) is 11.4. The van der Waals surface area contributed by atoms with Crippen LogP contribution in [-0.2, 0) is 21.4 Å². The van der Waals surface area contributed by atoms with Gasteiger partial charge >= 0.3 is 0 Å². The molecule has 184 valence electrons. The maximum atomic E-state index is 13.2. The number of carbonyl (C=O) groups is 1. The second-order valence-electron chi connectivity index (χ2n) is 9.46. The Balaban J connectivity index is 1.52. The minimum Gasteiger partial charge on any atom is -0.489 e. The van der Waals surface area contributed by atoms with Crippen molar-refractivity contribution in [2.45, 2.75) is 69.5 Å². The molecule has 1 saturated carbocycles. The highest BCUT2D eigenvalue weighted by Crippen LogP contribution is 2.32. The van der Waals surface area contributed by atoms with Gasteiger partial charge in [-0.05, 0) is 63.3 Å². The third kappa shape index (κ3) is 6.37. The molecule has 0 unspecified atom stereocenters. The summed E-state index contributed by atoms with van der Waals surface area (Å²) in [4.78, 5) is 15.4. The molecule has 2 aromatic carbocycles. The summed E-state index contributed by atoms with van der Waals surface area (Å²) in [6.07, 6.45) is 4.86. The topological polar surface area (TPSA) is 79.0 Å². The van der Waals surface area contributed by atoms with E-state index in [4.69, 9.17) is 4.74 Å². The van der Waals surface area contributed by atoms with Gasteiger partial charge in [-0.2, -0.15) is 4.31 Å². The summed E-state index contributed by atoms with van der Waals surface area (Å²) in [6, 6.07) is 15.3. The Morgan fingerprint density at radius 2 is 1.79 bits per heavy atom. The molecule has 1 amide bonds. The van der Waals surface area contributed by atoms with E-state index in [0.29, 0.717) is 37.1 Å². The number of hydrogen-bond donors (Lipinski definition) is 1. The zero-order valence-corrected chi connectivity index (χ0v) is 20.9. The van der Waals surface area contributed by atoms with E-state index < -0.39 is 10.0 Å². The number of nitrogens with one attached hydrogen (secondary N) is 1. The van der Waals surface area contributed by atoms with Gasteiger partial charge in [0, 0.05) is 25.7 Å². The monoisotopic (exact) mass is 485 g/mol. The standard InChI is InChI=1S/C26H35N3O4S/c1-20(2)33-25-14-13-23(34(31,32)29-15-7-4-8-16-29)17-24(25)27-26(30)19-28(22-11-12-22)18-21-9-5-3-6-10-21/h3,5-6,9-10,13-14,17,20,22H,4,7-8,11-12,15-16,18-19H2,1-2H3,(H,27,30). The molecule has 4 rings (SSSR count). The molecular formula is C26H35N3O4S. The minimum absolute atomic E-state index is 0.110. The molecule has 2 aliphatic rings. The number of anilines is 1. The van der Waals surface area contributed by atoms with Crippen LogP contribution in [0.5, 0.6) is 5.75 Å². The van der Waals surface area contributed by atoms with E-state index in [-0.39, 0.29) is 23.5 Å². The summed E-state index contributed by atoms with van der Waals surface area (Å²) < 4.78 is 33.8. The van der Waals surface area contributed by atoms with Crippen molar-refractivity contribution in [3.63, 3.8) is 0 Å². The Morgan fingerprint density at radius 1 is 1.09 bits per heavy atom. The molecule has 7 nitrogen and oxygen atoms in total. The lowest BCUT2D eigenvalue weighted by Crippen LogP contribution is -2.36. The first kappa shape index (κ1) is 24.7.